The summed E-state index contributed by atoms with van der Waals surface area (Å²) < 4.78 is 0. The van der Waals surface area contributed by atoms with E-state index in [1.165, 1.54) is 43.1 Å². The van der Waals surface area contributed by atoms with Gasteiger partial charge >= 0.3 is 0 Å². The molecule has 14 aromatic rings. The molecule has 14 rings (SSSR count). The van der Waals surface area contributed by atoms with E-state index in [9.17, 15) is 0 Å². The Balaban J connectivity index is 1.02. The molecule has 0 bridgehead atoms. The van der Waals surface area contributed by atoms with Crippen LogP contribution in [0.3, 0.4) is 0 Å². The summed E-state index contributed by atoms with van der Waals surface area (Å²) in [5.41, 5.74) is 15.1. The Hall–Kier alpha value is -10.7. The van der Waals surface area contributed by atoms with Gasteiger partial charge in [-0.25, -0.2) is 0 Å². The molecule has 0 N–H and O–H groups in total. The highest BCUT2D eigenvalue weighted by molar-refractivity contribution is 5.95. The molecule has 0 saturated carbocycles. The first kappa shape index (κ1) is 48.7. The van der Waals surface area contributed by atoms with Crippen molar-refractivity contribution >= 4 is 111 Å². The molecule has 0 aliphatic carbocycles. The second-order valence-electron chi connectivity index (χ2n) is 20.7. The molecule has 14 aromatic carbocycles. The maximum atomic E-state index is 2.42. The van der Waals surface area contributed by atoms with E-state index in [0.29, 0.717) is 6.42 Å². The molecule has 0 spiro atoms. The van der Waals surface area contributed by atoms with Crippen LogP contribution in [0.25, 0.3) is 43.1 Å². The van der Waals surface area contributed by atoms with E-state index >= 15 is 0 Å². The molecule has 0 amide bonds. The molecule has 0 aliphatic rings. The van der Waals surface area contributed by atoms with Crippen molar-refractivity contribution in [2.45, 2.75) is 6.42 Å². The van der Waals surface area contributed by atoms with Crippen LogP contribution in [0.4, 0.5) is 68.2 Å². The quantitative estimate of drug-likeness (QED) is 0.108. The summed E-state index contributed by atoms with van der Waals surface area (Å²) in [6.45, 7) is 0. The zero-order chi connectivity index (χ0) is 53.9. The van der Waals surface area contributed by atoms with E-state index < -0.39 is 0 Å². The van der Waals surface area contributed by atoms with E-state index in [1.807, 2.05) is 0 Å². The third-order valence-corrected chi connectivity index (χ3v) is 15.4. The highest BCUT2D eigenvalue weighted by Gasteiger charge is 2.23. The molecule has 0 fully saturated rings. The molecule has 4 heteroatoms. The number of hydrogen-bond acceptors (Lipinski definition) is 4. The maximum Gasteiger partial charge on any atom is 0.0485 e. The Morgan fingerprint density at radius 1 is 0.148 bits per heavy atom. The molecule has 0 atom stereocenters. The lowest BCUT2D eigenvalue weighted by molar-refractivity contribution is 1.15. The van der Waals surface area contributed by atoms with Crippen LogP contribution in [0.15, 0.2) is 328 Å². The van der Waals surface area contributed by atoms with Crippen LogP contribution in [0, 0.1) is 0 Å². The largest absolute Gasteiger partial charge is 0.310 e. The first-order chi connectivity index (χ1) is 40.1. The third kappa shape index (κ3) is 9.99. The number of benzene rings is 14. The van der Waals surface area contributed by atoms with Gasteiger partial charge < -0.3 is 19.6 Å². The summed E-state index contributed by atoms with van der Waals surface area (Å²) in [5, 5.41) is 9.54. The van der Waals surface area contributed by atoms with Gasteiger partial charge in [-0.1, -0.05) is 194 Å². The van der Waals surface area contributed by atoms with Gasteiger partial charge in [-0.05, 0) is 194 Å². The van der Waals surface area contributed by atoms with Gasteiger partial charge in [0.2, 0.25) is 0 Å². The van der Waals surface area contributed by atoms with Gasteiger partial charge in [-0.3, -0.25) is 0 Å². The zero-order valence-corrected chi connectivity index (χ0v) is 44.7. The Kier molecular flexibility index (Phi) is 13.0. The topological polar surface area (TPSA) is 13.0 Å². The van der Waals surface area contributed by atoms with E-state index in [0.717, 1.165) is 79.4 Å². The molecular weight excluding hydrogens is 981 g/mol. The molecule has 0 saturated heterocycles. The summed E-state index contributed by atoms with van der Waals surface area (Å²) in [5.74, 6) is 0. The zero-order valence-electron chi connectivity index (χ0n) is 44.7. The lowest BCUT2D eigenvalue weighted by Crippen LogP contribution is -2.15. The normalized spacial score (nSPS) is 11.3. The average molecular weight is 1040 g/mol. The minimum atomic E-state index is 0.614. The fraction of sp³-hybridized carbons (Fsp3) is 0.0130. The van der Waals surface area contributed by atoms with Gasteiger partial charge in [0.05, 0.1) is 0 Å². The Morgan fingerprint density at radius 2 is 0.358 bits per heavy atom. The molecule has 384 valence electrons. The number of hydrogen-bond donors (Lipinski definition) is 0. The van der Waals surface area contributed by atoms with E-state index in [-0.39, 0.29) is 0 Å². The lowest BCUT2D eigenvalue weighted by atomic mass is 9.99. The second kappa shape index (κ2) is 21.6. The number of para-hydroxylation sites is 4. The number of nitrogens with zero attached hydrogens (tertiary/aromatic N) is 4. The van der Waals surface area contributed by atoms with Crippen molar-refractivity contribution in [3.63, 3.8) is 0 Å². The summed E-state index contributed by atoms with van der Waals surface area (Å²) in [7, 11) is 0. The molecule has 0 aliphatic heterocycles. The van der Waals surface area contributed by atoms with Gasteiger partial charge in [0.25, 0.3) is 0 Å². The Labute approximate surface area is 473 Å². The highest BCUT2D eigenvalue weighted by atomic mass is 15.2. The van der Waals surface area contributed by atoms with Crippen LogP contribution in [0.5, 0.6) is 0 Å². The van der Waals surface area contributed by atoms with Crippen LogP contribution in [0.2, 0.25) is 0 Å². The number of anilines is 12. The van der Waals surface area contributed by atoms with Gasteiger partial charge in [-0.15, -0.1) is 0 Å². The number of fused-ring (bicyclic) bond motifs is 4. The SMILES string of the molecule is c1ccc(N(c2cc(Cc3cc(N(c4ccccc4)c4ccc5ccccc5c4)cc(N(c4ccccc4)c4ccc5ccccc5c4)c3)cc(N(c3ccccc3)c3ccc4ccccc4c3)c2)c2ccc3ccccc3c2)cc1. The molecule has 0 aromatic heterocycles. The van der Waals surface area contributed by atoms with E-state index in [4.69, 9.17) is 0 Å². The van der Waals surface area contributed by atoms with E-state index in [1.54, 1.807) is 0 Å². The van der Waals surface area contributed by atoms with Crippen LogP contribution < -0.4 is 19.6 Å². The fourth-order valence-corrected chi connectivity index (χ4v) is 11.6. The Morgan fingerprint density at radius 3 is 0.593 bits per heavy atom. The van der Waals surface area contributed by atoms with Crippen LogP contribution in [0.1, 0.15) is 11.1 Å². The van der Waals surface area contributed by atoms with Crippen molar-refractivity contribution in [2.75, 3.05) is 19.6 Å². The van der Waals surface area contributed by atoms with Gasteiger partial charge in [0.1, 0.15) is 0 Å². The van der Waals surface area contributed by atoms with E-state index in [2.05, 4.69) is 347 Å². The number of rotatable bonds is 14. The van der Waals surface area contributed by atoms with Crippen LogP contribution in [-0.4, -0.2) is 0 Å². The summed E-state index contributed by atoms with van der Waals surface area (Å²) >= 11 is 0. The smallest absolute Gasteiger partial charge is 0.0485 e. The monoisotopic (exact) mass is 1040 g/mol. The van der Waals surface area contributed by atoms with Crippen molar-refractivity contribution in [2.24, 2.45) is 0 Å². The van der Waals surface area contributed by atoms with Crippen molar-refractivity contribution in [3.05, 3.63) is 339 Å². The van der Waals surface area contributed by atoms with Gasteiger partial charge in [0, 0.05) is 68.2 Å². The minimum absolute atomic E-state index is 0.614. The highest BCUT2D eigenvalue weighted by Crippen LogP contribution is 2.46. The molecule has 0 unspecified atom stereocenters. The third-order valence-electron chi connectivity index (χ3n) is 15.4. The van der Waals surface area contributed by atoms with Crippen molar-refractivity contribution in [3.8, 4) is 0 Å². The predicted molar refractivity (Wildman–Crippen MR) is 344 cm³/mol. The summed E-state index contributed by atoms with van der Waals surface area (Å²) in [4.78, 5) is 9.66. The summed E-state index contributed by atoms with van der Waals surface area (Å²) in [6, 6.07) is 119. The molecule has 4 nitrogen and oxygen atoms in total. The average Bonchev–Trinajstić information content (AvgIpc) is 3.54. The predicted octanol–water partition coefficient (Wildman–Crippen LogP) is 21.8. The fourth-order valence-electron chi connectivity index (χ4n) is 11.6. The molecular formula is C77H56N4. The standard InChI is InChI=1S/C77H56N4/c1-5-29-66(30-6-1)78(70-41-37-58-21-13-17-25-62(58)50-70)74-46-56(47-75(54-74)79(67-31-7-2-8-32-67)71-42-38-59-22-14-18-26-63(59)51-71)45-57-48-76(80(68-33-9-3-10-34-68)72-43-39-60-23-15-19-27-64(60)52-72)55-77(49-57)81(69-35-11-4-12-36-69)73-44-40-61-24-16-20-28-65(61)53-73/h1-44,46-55H,45H2. The van der Waals surface area contributed by atoms with Crippen molar-refractivity contribution in [1.82, 2.24) is 0 Å². The molecule has 0 radical (unpaired) electrons. The maximum absolute atomic E-state index is 2.42. The van der Waals surface area contributed by atoms with Crippen molar-refractivity contribution < 1.29 is 0 Å². The lowest BCUT2D eigenvalue weighted by Gasteiger charge is -2.31. The first-order valence-electron chi connectivity index (χ1n) is 27.8. The first-order valence-corrected chi connectivity index (χ1v) is 27.8. The van der Waals surface area contributed by atoms with Gasteiger partial charge in [0.15, 0.2) is 0 Å². The minimum Gasteiger partial charge on any atom is -0.310 e. The Bertz CT molecular complexity index is 3950. The van der Waals surface area contributed by atoms with Crippen LogP contribution in [-0.2, 0) is 6.42 Å². The molecule has 0 heterocycles. The van der Waals surface area contributed by atoms with Crippen LogP contribution >= 0.6 is 0 Å². The second-order valence-corrected chi connectivity index (χ2v) is 20.7. The van der Waals surface area contributed by atoms with Crippen molar-refractivity contribution in [1.29, 1.82) is 0 Å². The molecule has 81 heavy (non-hydrogen) atoms. The summed E-state index contributed by atoms with van der Waals surface area (Å²) in [6.07, 6.45) is 0.614. The van der Waals surface area contributed by atoms with Gasteiger partial charge in [-0.2, -0.15) is 0 Å².